The molecular weight excluding hydrogens is 358 g/mol. The molecule has 0 bridgehead atoms. The number of carbonyl (C=O) groups excluding carboxylic acids is 1. The third kappa shape index (κ3) is 3.79. The van der Waals surface area contributed by atoms with E-state index in [2.05, 4.69) is 36.1 Å². The molecule has 120 valence electrons. The van der Waals surface area contributed by atoms with Gasteiger partial charge in [-0.25, -0.2) is 9.97 Å². The first kappa shape index (κ1) is 15.7. The average Bonchev–Trinajstić information content (AvgIpc) is 2.57. The zero-order valence-electron chi connectivity index (χ0n) is 12.9. The minimum Gasteiger partial charge on any atom is -0.353 e. The molecule has 3 rings (SSSR count). The highest BCUT2D eigenvalue weighted by Crippen LogP contribution is 2.25. The SMILES string of the molecule is CC(=O)N1CCN(c2cc(Nc3ccccc3Br)ncn2)CC1. The molecule has 6 nitrogen and oxygen atoms in total. The van der Waals surface area contributed by atoms with E-state index in [9.17, 15) is 4.79 Å². The molecule has 23 heavy (non-hydrogen) atoms. The standard InChI is InChI=1S/C16H18BrN5O/c1-12(23)21-6-8-22(9-7-21)16-10-15(18-11-19-16)20-14-5-3-2-4-13(14)17/h2-5,10-11H,6-9H2,1H3,(H,18,19,20). The Balaban J connectivity index is 1.71. The van der Waals surface area contributed by atoms with E-state index in [-0.39, 0.29) is 5.91 Å². The second-order valence-electron chi connectivity index (χ2n) is 5.36. The summed E-state index contributed by atoms with van der Waals surface area (Å²) in [5.41, 5.74) is 0.957. The third-order valence-electron chi connectivity index (χ3n) is 3.84. The summed E-state index contributed by atoms with van der Waals surface area (Å²) in [5, 5.41) is 3.29. The first-order valence-electron chi connectivity index (χ1n) is 7.47. The van der Waals surface area contributed by atoms with Gasteiger partial charge < -0.3 is 15.1 Å². The zero-order valence-corrected chi connectivity index (χ0v) is 14.5. The number of anilines is 3. The molecule has 0 aliphatic carbocycles. The lowest BCUT2D eigenvalue weighted by Gasteiger charge is -2.34. The molecule has 2 aromatic rings. The van der Waals surface area contributed by atoms with E-state index in [0.717, 1.165) is 48.0 Å². The van der Waals surface area contributed by atoms with Crippen molar-refractivity contribution in [1.29, 1.82) is 0 Å². The van der Waals surface area contributed by atoms with Crippen molar-refractivity contribution in [2.75, 3.05) is 36.4 Å². The number of hydrogen-bond acceptors (Lipinski definition) is 5. The lowest BCUT2D eigenvalue weighted by atomic mass is 10.3. The lowest BCUT2D eigenvalue weighted by molar-refractivity contribution is -0.129. The third-order valence-corrected chi connectivity index (χ3v) is 4.53. The van der Waals surface area contributed by atoms with E-state index in [0.29, 0.717) is 0 Å². The van der Waals surface area contributed by atoms with Gasteiger partial charge >= 0.3 is 0 Å². The predicted molar refractivity (Wildman–Crippen MR) is 93.9 cm³/mol. The molecule has 1 saturated heterocycles. The number of halogens is 1. The zero-order chi connectivity index (χ0) is 16.2. The van der Waals surface area contributed by atoms with Gasteiger partial charge in [0.2, 0.25) is 5.91 Å². The van der Waals surface area contributed by atoms with Crippen LogP contribution in [0.1, 0.15) is 6.92 Å². The molecule has 7 heteroatoms. The number of carbonyl (C=O) groups is 1. The van der Waals surface area contributed by atoms with Gasteiger partial charge in [0, 0.05) is 43.6 Å². The monoisotopic (exact) mass is 375 g/mol. The van der Waals surface area contributed by atoms with Gasteiger partial charge in [-0.2, -0.15) is 0 Å². The van der Waals surface area contributed by atoms with E-state index in [1.54, 1.807) is 13.3 Å². The maximum absolute atomic E-state index is 11.4. The molecule has 2 heterocycles. The molecule has 0 spiro atoms. The summed E-state index contributed by atoms with van der Waals surface area (Å²) in [6.07, 6.45) is 1.56. The molecule has 1 aromatic carbocycles. The molecule has 0 saturated carbocycles. The van der Waals surface area contributed by atoms with Crippen LogP contribution in [0.3, 0.4) is 0 Å². The molecule has 1 aliphatic rings. The number of benzene rings is 1. The Hall–Kier alpha value is -2.15. The summed E-state index contributed by atoms with van der Waals surface area (Å²) in [6.45, 7) is 4.63. The number of para-hydroxylation sites is 1. The molecule has 1 fully saturated rings. The van der Waals surface area contributed by atoms with Crippen LogP contribution in [-0.2, 0) is 4.79 Å². The maximum Gasteiger partial charge on any atom is 0.219 e. The number of nitrogens with one attached hydrogen (secondary N) is 1. The molecule has 0 atom stereocenters. The van der Waals surface area contributed by atoms with Gasteiger partial charge in [0.15, 0.2) is 0 Å². The number of nitrogens with zero attached hydrogens (tertiary/aromatic N) is 4. The summed E-state index contributed by atoms with van der Waals surface area (Å²) in [6, 6.07) is 9.83. The quantitative estimate of drug-likeness (QED) is 0.893. The fraction of sp³-hybridized carbons (Fsp3) is 0.312. The van der Waals surface area contributed by atoms with Gasteiger partial charge in [-0.15, -0.1) is 0 Å². The van der Waals surface area contributed by atoms with Gasteiger partial charge in [0.05, 0.1) is 5.69 Å². The van der Waals surface area contributed by atoms with Crippen molar-refractivity contribution in [3.63, 3.8) is 0 Å². The second kappa shape index (κ2) is 6.95. The summed E-state index contributed by atoms with van der Waals surface area (Å²) in [7, 11) is 0. The molecule has 0 unspecified atom stereocenters. The number of piperazine rings is 1. The summed E-state index contributed by atoms with van der Waals surface area (Å²) < 4.78 is 0.982. The first-order chi connectivity index (χ1) is 11.1. The Kier molecular flexibility index (Phi) is 4.76. The summed E-state index contributed by atoms with van der Waals surface area (Å²) in [5.74, 6) is 1.75. The summed E-state index contributed by atoms with van der Waals surface area (Å²) >= 11 is 3.52. The maximum atomic E-state index is 11.4. The van der Waals surface area contributed by atoms with Gasteiger partial charge in [-0.3, -0.25) is 4.79 Å². The fourth-order valence-corrected chi connectivity index (χ4v) is 2.92. The number of hydrogen-bond donors (Lipinski definition) is 1. The predicted octanol–water partition coefficient (Wildman–Crippen LogP) is 2.65. The van der Waals surface area contributed by atoms with Crippen LogP contribution in [-0.4, -0.2) is 47.0 Å². The average molecular weight is 376 g/mol. The second-order valence-corrected chi connectivity index (χ2v) is 6.21. The number of amides is 1. The topological polar surface area (TPSA) is 61.4 Å². The van der Waals surface area contributed by atoms with Crippen LogP contribution in [0.15, 0.2) is 41.1 Å². The van der Waals surface area contributed by atoms with Crippen molar-refractivity contribution < 1.29 is 4.79 Å². The van der Waals surface area contributed by atoms with Crippen molar-refractivity contribution >= 4 is 39.2 Å². The van der Waals surface area contributed by atoms with Crippen LogP contribution in [0.4, 0.5) is 17.3 Å². The van der Waals surface area contributed by atoms with Gasteiger partial charge in [-0.05, 0) is 28.1 Å². The fourth-order valence-electron chi connectivity index (χ4n) is 2.54. The van der Waals surface area contributed by atoms with Crippen molar-refractivity contribution in [1.82, 2.24) is 14.9 Å². The van der Waals surface area contributed by atoms with Crippen molar-refractivity contribution in [3.8, 4) is 0 Å². The van der Waals surface area contributed by atoms with Crippen LogP contribution in [0.5, 0.6) is 0 Å². The minimum atomic E-state index is 0.128. The Morgan fingerprint density at radius 1 is 1.17 bits per heavy atom. The Morgan fingerprint density at radius 2 is 1.91 bits per heavy atom. The van der Waals surface area contributed by atoms with Gasteiger partial charge in [-0.1, -0.05) is 12.1 Å². The highest BCUT2D eigenvalue weighted by Gasteiger charge is 2.19. The molecule has 1 amide bonds. The van der Waals surface area contributed by atoms with Crippen LogP contribution < -0.4 is 10.2 Å². The van der Waals surface area contributed by atoms with Gasteiger partial charge in [0.1, 0.15) is 18.0 Å². The normalized spacial score (nSPS) is 14.7. The van der Waals surface area contributed by atoms with E-state index in [1.165, 1.54) is 0 Å². The van der Waals surface area contributed by atoms with E-state index >= 15 is 0 Å². The Bertz CT molecular complexity index is 700. The highest BCUT2D eigenvalue weighted by atomic mass is 79.9. The largest absolute Gasteiger partial charge is 0.353 e. The minimum absolute atomic E-state index is 0.128. The van der Waals surface area contributed by atoms with Crippen LogP contribution in [0.2, 0.25) is 0 Å². The van der Waals surface area contributed by atoms with Gasteiger partial charge in [0.25, 0.3) is 0 Å². The Morgan fingerprint density at radius 3 is 2.61 bits per heavy atom. The van der Waals surface area contributed by atoms with Crippen molar-refractivity contribution in [3.05, 3.63) is 41.1 Å². The molecule has 1 N–H and O–H groups in total. The smallest absolute Gasteiger partial charge is 0.219 e. The van der Waals surface area contributed by atoms with Crippen molar-refractivity contribution in [2.24, 2.45) is 0 Å². The highest BCUT2D eigenvalue weighted by molar-refractivity contribution is 9.10. The molecule has 0 radical (unpaired) electrons. The Labute approximate surface area is 143 Å². The molecular formula is C16H18BrN5O. The van der Waals surface area contributed by atoms with E-state index in [4.69, 9.17) is 0 Å². The lowest BCUT2D eigenvalue weighted by Crippen LogP contribution is -2.48. The van der Waals surface area contributed by atoms with E-state index in [1.807, 2.05) is 35.2 Å². The van der Waals surface area contributed by atoms with Crippen LogP contribution in [0, 0.1) is 0 Å². The number of aromatic nitrogens is 2. The molecule has 1 aromatic heterocycles. The number of rotatable bonds is 3. The van der Waals surface area contributed by atoms with E-state index < -0.39 is 0 Å². The van der Waals surface area contributed by atoms with Crippen LogP contribution >= 0.6 is 15.9 Å². The summed E-state index contributed by atoms with van der Waals surface area (Å²) in [4.78, 5) is 24.1. The molecule has 1 aliphatic heterocycles. The van der Waals surface area contributed by atoms with Crippen LogP contribution in [0.25, 0.3) is 0 Å². The first-order valence-corrected chi connectivity index (χ1v) is 8.27. The van der Waals surface area contributed by atoms with Crippen molar-refractivity contribution in [2.45, 2.75) is 6.92 Å².